The number of nitrogens with one attached hydrogen (secondary N) is 1. The lowest BCUT2D eigenvalue weighted by atomic mass is 9.93. The molecule has 8 nitrogen and oxygen atoms in total. The van der Waals surface area contributed by atoms with Gasteiger partial charge >= 0.3 is 0 Å². The van der Waals surface area contributed by atoms with Crippen LogP contribution in [-0.2, 0) is 10.5 Å². The maximum Gasteiger partial charge on any atom is 0.292 e. The number of carbonyl (C=O) groups is 2. The molecule has 2 atom stereocenters. The molecule has 2 fully saturated rings. The number of amides is 1. The number of aromatic nitrogens is 2. The van der Waals surface area contributed by atoms with E-state index in [-0.39, 0.29) is 17.7 Å². The van der Waals surface area contributed by atoms with Gasteiger partial charge in [0.1, 0.15) is 5.75 Å². The Labute approximate surface area is 256 Å². The molecule has 9 heteroatoms. The summed E-state index contributed by atoms with van der Waals surface area (Å²) in [6, 6.07) is 17.8. The van der Waals surface area contributed by atoms with Gasteiger partial charge in [0.05, 0.1) is 22.7 Å². The predicted octanol–water partition coefficient (Wildman–Crippen LogP) is 6.11. The van der Waals surface area contributed by atoms with E-state index in [1.165, 1.54) is 0 Å². The van der Waals surface area contributed by atoms with Crippen LogP contribution in [0, 0.1) is 0 Å². The molecule has 224 valence electrons. The molecule has 2 N–H and O–H groups in total. The number of rotatable bonds is 10. The van der Waals surface area contributed by atoms with Gasteiger partial charge < -0.3 is 15.2 Å². The Morgan fingerprint density at radius 2 is 1.70 bits per heavy atom. The minimum absolute atomic E-state index is 0.192. The number of carbonyl (C=O) groups excluding carboxylic acids is 2. The summed E-state index contributed by atoms with van der Waals surface area (Å²) in [7, 11) is 0. The van der Waals surface area contributed by atoms with Gasteiger partial charge in [0.25, 0.3) is 5.91 Å². The van der Waals surface area contributed by atoms with Crippen molar-refractivity contribution in [1.82, 2.24) is 20.0 Å². The Hall–Kier alpha value is -3.72. The summed E-state index contributed by atoms with van der Waals surface area (Å²) in [4.78, 5) is 28.4. The number of aliphatic hydroxyl groups is 1. The zero-order chi connectivity index (χ0) is 30.3. The number of halogens is 1. The topological polar surface area (TPSA) is 96.7 Å². The van der Waals surface area contributed by atoms with E-state index < -0.39 is 23.5 Å². The highest BCUT2D eigenvalue weighted by Crippen LogP contribution is 2.38. The number of ketones is 1. The Morgan fingerprint density at radius 1 is 1.00 bits per heavy atom. The number of nitrogens with zero attached hydrogens (tertiary/aromatic N) is 3. The third-order valence-corrected chi connectivity index (χ3v) is 8.75. The molecule has 2 heterocycles. The van der Waals surface area contributed by atoms with Crippen molar-refractivity contribution < 1.29 is 19.4 Å². The van der Waals surface area contributed by atoms with Gasteiger partial charge in [-0.05, 0) is 81.8 Å². The molecule has 4 aromatic rings. The van der Waals surface area contributed by atoms with E-state index in [9.17, 15) is 14.7 Å². The standard InChI is InChI=1S/C34H37ClN4O4/c1-21(2)39-20-26-18-25(10-14-30(26)37-39)23-6-8-24(9-7-23)32(40)33(41)36-22(3)34(42,38-16-4-5-17-38)27-11-15-31(29(35)19-27)43-28-12-13-28/h6-11,14-15,18-22,28,42H,4-5,12-13,16-17H2,1-3H3,(H,36,41)/t22-,34+/m1/s1. The largest absolute Gasteiger partial charge is 0.489 e. The van der Waals surface area contributed by atoms with Gasteiger partial charge in [-0.25, -0.2) is 0 Å². The van der Waals surface area contributed by atoms with Gasteiger partial charge in [-0.2, -0.15) is 5.10 Å². The maximum atomic E-state index is 13.2. The minimum atomic E-state index is -1.56. The number of hydrogen-bond donors (Lipinski definition) is 2. The van der Waals surface area contributed by atoms with Gasteiger partial charge in [-0.15, -0.1) is 0 Å². The molecule has 1 saturated heterocycles. The first kappa shape index (κ1) is 29.4. The molecule has 1 saturated carbocycles. The lowest BCUT2D eigenvalue weighted by Crippen LogP contribution is -2.59. The summed E-state index contributed by atoms with van der Waals surface area (Å²) >= 11 is 6.55. The second-order valence-electron chi connectivity index (χ2n) is 12.0. The van der Waals surface area contributed by atoms with Crippen molar-refractivity contribution in [2.75, 3.05) is 13.1 Å². The molecule has 43 heavy (non-hydrogen) atoms. The Morgan fingerprint density at radius 3 is 2.35 bits per heavy atom. The van der Waals surface area contributed by atoms with E-state index in [0.29, 0.717) is 29.4 Å². The van der Waals surface area contributed by atoms with Gasteiger partial charge in [-0.1, -0.05) is 48.0 Å². The van der Waals surface area contributed by atoms with Crippen LogP contribution in [0.15, 0.2) is 66.9 Å². The predicted molar refractivity (Wildman–Crippen MR) is 167 cm³/mol. The Bertz CT molecular complexity index is 1660. The molecular weight excluding hydrogens is 564 g/mol. The van der Waals surface area contributed by atoms with Gasteiger partial charge in [-0.3, -0.25) is 19.2 Å². The van der Waals surface area contributed by atoms with E-state index in [1.54, 1.807) is 37.3 Å². The van der Waals surface area contributed by atoms with Crippen LogP contribution in [0.1, 0.15) is 68.4 Å². The van der Waals surface area contributed by atoms with Crippen LogP contribution >= 0.6 is 11.6 Å². The molecule has 1 aromatic heterocycles. The number of Topliss-reactive ketones (excluding diaryl/α,β-unsaturated/α-hetero) is 1. The van der Waals surface area contributed by atoms with Gasteiger partial charge in [0.2, 0.25) is 5.78 Å². The second kappa shape index (κ2) is 11.8. The van der Waals surface area contributed by atoms with Crippen molar-refractivity contribution in [3.63, 3.8) is 0 Å². The molecule has 0 unspecified atom stereocenters. The Kier molecular flexibility index (Phi) is 8.02. The number of hydrogen-bond acceptors (Lipinski definition) is 6. The van der Waals surface area contributed by atoms with E-state index in [0.717, 1.165) is 47.7 Å². The fourth-order valence-corrected chi connectivity index (χ4v) is 5.98. The van der Waals surface area contributed by atoms with Crippen LogP contribution in [0.25, 0.3) is 22.0 Å². The highest BCUT2D eigenvalue weighted by atomic mass is 35.5. The molecule has 3 aromatic carbocycles. The first-order chi connectivity index (χ1) is 20.6. The van der Waals surface area contributed by atoms with Crippen molar-refractivity contribution in [3.8, 4) is 16.9 Å². The van der Waals surface area contributed by atoms with E-state index in [2.05, 4.69) is 30.3 Å². The summed E-state index contributed by atoms with van der Waals surface area (Å²) in [6.45, 7) is 7.21. The Balaban J connectivity index is 1.18. The molecule has 1 amide bonds. The molecule has 0 radical (unpaired) electrons. The summed E-state index contributed by atoms with van der Waals surface area (Å²) in [5.74, 6) is -0.861. The normalized spacial score (nSPS) is 17.6. The highest BCUT2D eigenvalue weighted by Gasteiger charge is 2.44. The van der Waals surface area contributed by atoms with Crippen LogP contribution in [0.2, 0.25) is 5.02 Å². The summed E-state index contributed by atoms with van der Waals surface area (Å²) in [5.41, 5.74) is 2.11. The smallest absolute Gasteiger partial charge is 0.292 e. The second-order valence-corrected chi connectivity index (χ2v) is 12.4. The van der Waals surface area contributed by atoms with Crippen LogP contribution in [0.3, 0.4) is 0 Å². The van der Waals surface area contributed by atoms with Gasteiger partial charge in [0, 0.05) is 41.8 Å². The van der Waals surface area contributed by atoms with Crippen LogP contribution in [0.5, 0.6) is 5.75 Å². The first-order valence-electron chi connectivity index (χ1n) is 15.0. The average Bonchev–Trinajstić information content (AvgIpc) is 3.45. The summed E-state index contributed by atoms with van der Waals surface area (Å²) in [6.07, 6.45) is 6.10. The molecule has 0 bridgehead atoms. The molecule has 1 aliphatic carbocycles. The molecule has 0 spiro atoms. The van der Waals surface area contributed by atoms with Crippen LogP contribution in [0.4, 0.5) is 0 Å². The minimum Gasteiger partial charge on any atom is -0.489 e. The summed E-state index contributed by atoms with van der Waals surface area (Å²) < 4.78 is 7.81. The summed E-state index contributed by atoms with van der Waals surface area (Å²) in [5, 5.41) is 21.0. The van der Waals surface area contributed by atoms with Crippen molar-refractivity contribution in [2.24, 2.45) is 0 Å². The quantitative estimate of drug-likeness (QED) is 0.168. The fraction of sp³-hybridized carbons (Fsp3) is 0.382. The molecule has 1 aliphatic heterocycles. The van der Waals surface area contributed by atoms with E-state index in [1.807, 2.05) is 40.0 Å². The maximum absolute atomic E-state index is 13.2. The third kappa shape index (κ3) is 5.92. The fourth-order valence-electron chi connectivity index (χ4n) is 5.75. The highest BCUT2D eigenvalue weighted by molar-refractivity contribution is 6.42. The monoisotopic (exact) mass is 600 g/mol. The zero-order valence-electron chi connectivity index (χ0n) is 24.7. The third-order valence-electron chi connectivity index (χ3n) is 8.45. The zero-order valence-corrected chi connectivity index (χ0v) is 25.5. The molecule has 2 aliphatic rings. The van der Waals surface area contributed by atoms with Gasteiger partial charge in [0.15, 0.2) is 5.72 Å². The number of fused-ring (bicyclic) bond motifs is 1. The van der Waals surface area contributed by atoms with Crippen molar-refractivity contribution in [2.45, 2.75) is 70.4 Å². The number of benzene rings is 3. The van der Waals surface area contributed by atoms with Crippen LogP contribution < -0.4 is 10.1 Å². The lowest BCUT2D eigenvalue weighted by molar-refractivity contribution is -0.139. The molecular formula is C34H37ClN4O4. The van der Waals surface area contributed by atoms with Crippen molar-refractivity contribution >= 4 is 34.2 Å². The SMILES string of the molecule is CC(C)n1cc2cc(-c3ccc(C(=O)C(=O)N[C@H](C)[C@](O)(c4ccc(OC5CC5)c(Cl)c4)N4CCCC4)cc3)ccc2n1. The van der Waals surface area contributed by atoms with Crippen molar-refractivity contribution in [1.29, 1.82) is 0 Å². The molecule has 6 rings (SSSR count). The number of likely N-dealkylation sites (tertiary alicyclic amines) is 1. The van der Waals surface area contributed by atoms with Crippen molar-refractivity contribution in [3.05, 3.63) is 83.0 Å². The lowest BCUT2D eigenvalue weighted by Gasteiger charge is -2.42. The number of ether oxygens (including phenoxy) is 1. The average molecular weight is 601 g/mol. The van der Waals surface area contributed by atoms with E-state index in [4.69, 9.17) is 16.3 Å². The first-order valence-corrected chi connectivity index (χ1v) is 15.4. The van der Waals surface area contributed by atoms with E-state index >= 15 is 0 Å². The van der Waals surface area contributed by atoms with Crippen LogP contribution in [-0.4, -0.2) is 56.7 Å².